The SMILES string of the molecule is CC(C)(C)c1c[c-]c2c(c1)-c1cc(C(C)(C)C)ccc1C2.CC(C)(C)c1c[c-]c2c(c1)-c1cc(C(C)(C)C)ccc1C2.Cl.Cl.[C-]1=CC=CC1.[C-]1=CC=CC1.[Hf+2]=[C]1CCCCC1.[Hf+2]=[C]1CCCCC1. The van der Waals surface area contributed by atoms with Gasteiger partial charge in [0.2, 0.25) is 0 Å². The summed E-state index contributed by atoms with van der Waals surface area (Å²) in [4.78, 5) is 0. The van der Waals surface area contributed by atoms with Crippen LogP contribution < -0.4 is 0 Å². The molecule has 68 heavy (non-hydrogen) atoms. The van der Waals surface area contributed by atoms with Gasteiger partial charge in [-0.1, -0.05) is 153 Å². The maximum absolute atomic E-state index is 3.53. The topological polar surface area (TPSA) is 0 Å². The molecule has 6 aliphatic carbocycles. The van der Waals surface area contributed by atoms with Crippen LogP contribution in [0.5, 0.6) is 0 Å². The molecule has 4 aromatic carbocycles. The minimum atomic E-state index is 0. The van der Waals surface area contributed by atoms with Crippen molar-refractivity contribution in [2.24, 2.45) is 0 Å². The van der Waals surface area contributed by atoms with E-state index in [-0.39, 0.29) is 46.5 Å². The molecule has 0 radical (unpaired) electrons. The van der Waals surface area contributed by atoms with E-state index in [2.05, 4.69) is 180 Å². The van der Waals surface area contributed by atoms with Crippen LogP contribution in [0.4, 0.5) is 0 Å². The van der Waals surface area contributed by atoms with Crippen molar-refractivity contribution in [2.45, 2.75) is 195 Å². The summed E-state index contributed by atoms with van der Waals surface area (Å²) >= 11 is 2.73. The summed E-state index contributed by atoms with van der Waals surface area (Å²) in [5, 5.41) is 0. The number of halogens is 2. The maximum atomic E-state index is 3.53. The van der Waals surface area contributed by atoms with Crippen molar-refractivity contribution in [3.63, 3.8) is 0 Å². The van der Waals surface area contributed by atoms with Crippen LogP contribution in [0.2, 0.25) is 0 Å². The van der Waals surface area contributed by atoms with E-state index < -0.39 is 0 Å². The molecule has 4 aromatic rings. The Hall–Kier alpha value is -2.10. The van der Waals surface area contributed by atoms with Crippen LogP contribution in [-0.4, -0.2) is 6.51 Å². The summed E-state index contributed by atoms with van der Waals surface area (Å²) in [6.07, 6.45) is 36.8. The third-order valence-corrected chi connectivity index (χ3v) is 16.7. The normalized spacial score (nSPS) is 15.9. The summed E-state index contributed by atoms with van der Waals surface area (Å²) in [7, 11) is 0. The Balaban J connectivity index is 0.000000239. The molecule has 10 rings (SSSR count). The summed E-state index contributed by atoms with van der Waals surface area (Å²) in [5.41, 5.74) is 17.5. The first kappa shape index (κ1) is 60.2. The number of benzene rings is 4. The molecule has 0 aliphatic heterocycles. The van der Waals surface area contributed by atoms with Crippen LogP contribution in [0.15, 0.2) is 97.1 Å². The Kier molecular flexibility index (Phi) is 24.5. The zero-order valence-corrected chi connectivity index (χ0v) is 52.8. The summed E-state index contributed by atoms with van der Waals surface area (Å²) < 4.78 is 3.71. The zero-order chi connectivity index (χ0) is 48.1. The van der Waals surface area contributed by atoms with Gasteiger partial charge in [-0.2, -0.15) is 70.8 Å². The Labute approximate surface area is 457 Å². The van der Waals surface area contributed by atoms with E-state index in [1.807, 2.05) is 30.8 Å². The van der Waals surface area contributed by atoms with Gasteiger partial charge in [0.15, 0.2) is 0 Å². The molecule has 0 saturated heterocycles. The fourth-order valence-corrected chi connectivity index (χ4v) is 11.1. The van der Waals surface area contributed by atoms with E-state index in [1.165, 1.54) is 179 Å². The van der Waals surface area contributed by atoms with Crippen molar-refractivity contribution in [1.82, 2.24) is 0 Å². The van der Waals surface area contributed by atoms with Crippen LogP contribution >= 0.6 is 24.8 Å². The van der Waals surface area contributed by atoms with Gasteiger partial charge in [0.05, 0.1) is 0 Å². The molecule has 360 valence electrons. The second kappa shape index (κ2) is 27.6. The molecular weight excluding hydrogens is 1200 g/mol. The van der Waals surface area contributed by atoms with Crippen LogP contribution in [0.3, 0.4) is 0 Å². The molecule has 0 N–H and O–H groups in total. The monoisotopic (exact) mass is 1280 g/mol. The average Bonchev–Trinajstić information content (AvgIpc) is 4.12. The van der Waals surface area contributed by atoms with Crippen LogP contribution in [-0.2, 0) is 82.3 Å². The van der Waals surface area contributed by atoms with Gasteiger partial charge < -0.3 is 0 Å². The molecule has 0 heterocycles. The van der Waals surface area contributed by atoms with Crippen molar-refractivity contribution in [1.29, 1.82) is 0 Å². The van der Waals surface area contributed by atoms with E-state index in [1.54, 1.807) is 0 Å². The number of allylic oxidation sites excluding steroid dienone is 8. The first-order valence-electron chi connectivity index (χ1n) is 25.0. The third-order valence-electron chi connectivity index (χ3n) is 13.1. The summed E-state index contributed by atoms with van der Waals surface area (Å²) in [6, 6.07) is 30.1. The Morgan fingerprint density at radius 3 is 0.971 bits per heavy atom. The van der Waals surface area contributed by atoms with Crippen molar-refractivity contribution >= 4 is 31.3 Å². The van der Waals surface area contributed by atoms with E-state index in [0.717, 1.165) is 25.7 Å². The fraction of sp³-hybridized carbons (Fsp3) is 0.469. The van der Waals surface area contributed by atoms with Gasteiger partial charge in [0.25, 0.3) is 0 Å². The molecule has 0 bridgehead atoms. The van der Waals surface area contributed by atoms with Crippen molar-refractivity contribution in [3.8, 4) is 22.3 Å². The predicted molar refractivity (Wildman–Crippen MR) is 296 cm³/mol. The van der Waals surface area contributed by atoms with Gasteiger partial charge in [-0.05, 0) is 34.8 Å². The number of hydrogen-bond donors (Lipinski definition) is 0. The number of hydrogen-bond acceptors (Lipinski definition) is 0. The van der Waals surface area contributed by atoms with Gasteiger partial charge in [0, 0.05) is 0 Å². The van der Waals surface area contributed by atoms with Crippen molar-refractivity contribution < 1.29 is 47.8 Å². The number of fused-ring (bicyclic) bond motifs is 6. The molecule has 0 unspecified atom stereocenters. The molecule has 4 heteroatoms. The standard InChI is InChI=1S/2C21H25.2C6H10.2C5H5.2ClH.2Hf/c2*1-20(2,3)16-9-7-14-11-15-8-10-17(21(4,5)6)13-19(15)18(14)12-16;2*1-2-4-6-5-3-1;2*1-2-4-5-3-1;;;;/h2*7,9-10,12-13H,11H2,1-6H3;2*1-5H2;2*1-3H,4H2;2*1H;;/q2*-1;;;2*-1;;;2*+2. The molecule has 2 saturated carbocycles. The molecule has 0 aromatic heterocycles. The Morgan fingerprint density at radius 1 is 0.412 bits per heavy atom. The van der Waals surface area contributed by atoms with Gasteiger partial charge in [-0.15, -0.1) is 48.8 Å². The minimum absolute atomic E-state index is 0. The summed E-state index contributed by atoms with van der Waals surface area (Å²) in [6.45, 7) is 27.3. The molecule has 2 fully saturated rings. The fourth-order valence-electron chi connectivity index (χ4n) is 8.61. The molecule has 0 nitrogen and oxygen atoms in total. The first-order valence-corrected chi connectivity index (χ1v) is 28.6. The van der Waals surface area contributed by atoms with Crippen LogP contribution in [0, 0.1) is 24.3 Å². The molecule has 0 spiro atoms. The Bertz CT molecular complexity index is 2070. The van der Waals surface area contributed by atoms with Crippen molar-refractivity contribution in [3.05, 3.63) is 166 Å². The van der Waals surface area contributed by atoms with Gasteiger partial charge >= 0.3 is 119 Å². The van der Waals surface area contributed by atoms with E-state index in [0.29, 0.717) is 0 Å². The average molecular weight is 1280 g/mol. The number of rotatable bonds is 0. The van der Waals surface area contributed by atoms with Gasteiger partial charge in [0.1, 0.15) is 0 Å². The molecule has 6 aliphatic rings. The predicted octanol–water partition coefficient (Wildman–Crippen LogP) is 18.1. The molecule has 0 atom stereocenters. The van der Waals surface area contributed by atoms with Crippen molar-refractivity contribution in [2.75, 3.05) is 0 Å². The summed E-state index contributed by atoms with van der Waals surface area (Å²) in [5.74, 6) is 0. The van der Waals surface area contributed by atoms with Crippen LogP contribution in [0.25, 0.3) is 22.3 Å². The first-order chi connectivity index (χ1) is 31.1. The van der Waals surface area contributed by atoms with Crippen LogP contribution in [0.1, 0.15) is 205 Å². The zero-order valence-electron chi connectivity index (χ0n) is 44.0. The molecular formula is C64H82Cl2Hf2. The quantitative estimate of drug-likeness (QED) is 0.105. The second-order valence-electron chi connectivity index (χ2n) is 23.0. The molecule has 0 amide bonds. The van der Waals surface area contributed by atoms with Gasteiger partial charge in [-0.3, -0.25) is 12.2 Å². The third kappa shape index (κ3) is 18.8. The second-order valence-corrected chi connectivity index (χ2v) is 28.1. The van der Waals surface area contributed by atoms with E-state index >= 15 is 0 Å². The van der Waals surface area contributed by atoms with E-state index in [9.17, 15) is 0 Å². The van der Waals surface area contributed by atoms with Gasteiger partial charge in [-0.25, -0.2) is 24.3 Å². The Morgan fingerprint density at radius 2 is 0.735 bits per heavy atom. The van der Waals surface area contributed by atoms with E-state index in [4.69, 9.17) is 0 Å².